The van der Waals surface area contributed by atoms with Gasteiger partial charge in [-0.1, -0.05) is 40.0 Å². The molecule has 0 amide bonds. The molecule has 0 aromatic carbocycles. The van der Waals surface area contributed by atoms with E-state index in [1.54, 1.807) is 0 Å². The lowest BCUT2D eigenvalue weighted by atomic mass is 9.73. The molecular weight excluding hydrogens is 232 g/mol. The topological polar surface area (TPSA) is 29.3 Å². The molecular formula is C17H34N2. The first-order valence-electron chi connectivity index (χ1n) is 8.51. The molecule has 1 heterocycles. The van der Waals surface area contributed by atoms with E-state index in [-0.39, 0.29) is 5.54 Å². The van der Waals surface area contributed by atoms with Gasteiger partial charge < -0.3 is 5.73 Å². The highest BCUT2D eigenvalue weighted by atomic mass is 15.2. The van der Waals surface area contributed by atoms with Crippen LogP contribution in [0.25, 0.3) is 0 Å². The van der Waals surface area contributed by atoms with Crippen LogP contribution >= 0.6 is 0 Å². The van der Waals surface area contributed by atoms with Crippen molar-refractivity contribution in [3.8, 4) is 0 Å². The van der Waals surface area contributed by atoms with Crippen molar-refractivity contribution in [3.63, 3.8) is 0 Å². The molecule has 2 atom stereocenters. The van der Waals surface area contributed by atoms with E-state index in [1.165, 1.54) is 64.5 Å². The van der Waals surface area contributed by atoms with Crippen LogP contribution in [0.15, 0.2) is 0 Å². The normalized spacial score (nSPS) is 36.3. The molecule has 2 aliphatic rings. The summed E-state index contributed by atoms with van der Waals surface area (Å²) in [6.45, 7) is 10.6. The number of rotatable bonds is 4. The fraction of sp³-hybridized carbons (Fsp3) is 1.00. The van der Waals surface area contributed by atoms with Crippen LogP contribution in [0.2, 0.25) is 0 Å². The zero-order valence-corrected chi connectivity index (χ0v) is 13.4. The molecule has 2 unspecified atom stereocenters. The second-order valence-electron chi connectivity index (χ2n) is 7.55. The summed E-state index contributed by atoms with van der Waals surface area (Å²) in [7, 11) is 0. The second kappa shape index (κ2) is 6.13. The van der Waals surface area contributed by atoms with Gasteiger partial charge in [0.15, 0.2) is 0 Å². The summed E-state index contributed by atoms with van der Waals surface area (Å²) < 4.78 is 0. The minimum Gasteiger partial charge on any atom is -0.329 e. The van der Waals surface area contributed by atoms with E-state index in [9.17, 15) is 0 Å². The van der Waals surface area contributed by atoms with Crippen LogP contribution in [0.3, 0.4) is 0 Å². The van der Waals surface area contributed by atoms with Crippen molar-refractivity contribution in [1.29, 1.82) is 0 Å². The number of likely N-dealkylation sites (tertiary alicyclic amines) is 1. The molecule has 19 heavy (non-hydrogen) atoms. The molecule has 2 fully saturated rings. The van der Waals surface area contributed by atoms with Gasteiger partial charge in [0.1, 0.15) is 0 Å². The van der Waals surface area contributed by atoms with Crippen LogP contribution < -0.4 is 5.73 Å². The molecule has 2 heteroatoms. The predicted octanol–water partition coefficient (Wildman–Crippen LogP) is 3.80. The van der Waals surface area contributed by atoms with Gasteiger partial charge in [-0.05, 0) is 56.5 Å². The first-order chi connectivity index (χ1) is 9.05. The quantitative estimate of drug-likeness (QED) is 0.838. The van der Waals surface area contributed by atoms with Crippen molar-refractivity contribution in [3.05, 3.63) is 0 Å². The van der Waals surface area contributed by atoms with E-state index >= 15 is 0 Å². The smallest absolute Gasteiger partial charge is 0.0382 e. The molecule has 2 N–H and O–H groups in total. The molecule has 0 spiro atoms. The summed E-state index contributed by atoms with van der Waals surface area (Å²) in [5, 5.41) is 0. The molecule has 0 radical (unpaired) electrons. The van der Waals surface area contributed by atoms with Gasteiger partial charge in [0.2, 0.25) is 0 Å². The summed E-state index contributed by atoms with van der Waals surface area (Å²) in [5.74, 6) is 0.967. The van der Waals surface area contributed by atoms with E-state index in [0.29, 0.717) is 5.41 Å². The third kappa shape index (κ3) is 2.85. The largest absolute Gasteiger partial charge is 0.329 e. The Labute approximate surface area is 120 Å². The van der Waals surface area contributed by atoms with Gasteiger partial charge in [-0.25, -0.2) is 0 Å². The Balaban J connectivity index is 2.07. The lowest BCUT2D eigenvalue weighted by Gasteiger charge is -2.49. The van der Waals surface area contributed by atoms with Gasteiger partial charge in [-0.3, -0.25) is 4.90 Å². The summed E-state index contributed by atoms with van der Waals surface area (Å²) in [6, 6.07) is 0. The Morgan fingerprint density at radius 2 is 1.89 bits per heavy atom. The predicted molar refractivity (Wildman–Crippen MR) is 83.2 cm³/mol. The van der Waals surface area contributed by atoms with E-state index in [2.05, 4.69) is 25.7 Å². The highest BCUT2D eigenvalue weighted by Crippen LogP contribution is 2.49. The lowest BCUT2D eigenvalue weighted by molar-refractivity contribution is 0.0144. The highest BCUT2D eigenvalue weighted by molar-refractivity contribution is 5.07. The minimum absolute atomic E-state index is 0.286. The van der Waals surface area contributed by atoms with Gasteiger partial charge in [-0.15, -0.1) is 0 Å². The third-order valence-corrected chi connectivity index (χ3v) is 6.14. The van der Waals surface area contributed by atoms with E-state index in [4.69, 9.17) is 5.73 Å². The molecule has 2 nitrogen and oxygen atoms in total. The fourth-order valence-corrected chi connectivity index (χ4v) is 4.78. The van der Waals surface area contributed by atoms with E-state index < -0.39 is 0 Å². The summed E-state index contributed by atoms with van der Waals surface area (Å²) in [4.78, 5) is 2.79. The maximum atomic E-state index is 6.28. The van der Waals surface area contributed by atoms with Crippen molar-refractivity contribution < 1.29 is 0 Å². The zero-order valence-electron chi connectivity index (χ0n) is 13.4. The third-order valence-electron chi connectivity index (χ3n) is 6.14. The maximum Gasteiger partial charge on any atom is 0.0382 e. The standard InChI is InChI=1S/C17H34N2/c1-4-7-15-8-5-12-19(13-9-15)17(14-18)11-6-10-16(17,2)3/h15H,4-14,18H2,1-3H3. The molecule has 0 bridgehead atoms. The van der Waals surface area contributed by atoms with Gasteiger partial charge in [-0.2, -0.15) is 0 Å². The van der Waals surface area contributed by atoms with Crippen molar-refractivity contribution in [2.75, 3.05) is 19.6 Å². The van der Waals surface area contributed by atoms with Crippen LogP contribution in [-0.4, -0.2) is 30.1 Å². The van der Waals surface area contributed by atoms with Crippen molar-refractivity contribution in [1.82, 2.24) is 4.90 Å². The van der Waals surface area contributed by atoms with Crippen molar-refractivity contribution in [2.45, 2.75) is 77.7 Å². The first-order valence-corrected chi connectivity index (χ1v) is 8.51. The molecule has 0 aromatic rings. The van der Waals surface area contributed by atoms with Gasteiger partial charge >= 0.3 is 0 Å². The Kier molecular flexibility index (Phi) is 4.94. The first kappa shape index (κ1) is 15.3. The van der Waals surface area contributed by atoms with Crippen molar-refractivity contribution >= 4 is 0 Å². The van der Waals surface area contributed by atoms with Gasteiger partial charge in [0.25, 0.3) is 0 Å². The van der Waals surface area contributed by atoms with Gasteiger partial charge in [0.05, 0.1) is 0 Å². The summed E-state index contributed by atoms with van der Waals surface area (Å²) in [5.41, 5.74) is 6.96. The van der Waals surface area contributed by atoms with E-state index in [1.807, 2.05) is 0 Å². The van der Waals surface area contributed by atoms with Crippen LogP contribution in [0.5, 0.6) is 0 Å². The Morgan fingerprint density at radius 3 is 2.47 bits per heavy atom. The van der Waals surface area contributed by atoms with Crippen molar-refractivity contribution in [2.24, 2.45) is 17.1 Å². The van der Waals surface area contributed by atoms with Gasteiger partial charge in [0, 0.05) is 12.1 Å². The Morgan fingerprint density at radius 1 is 1.11 bits per heavy atom. The molecule has 1 saturated carbocycles. The lowest BCUT2D eigenvalue weighted by Crippen LogP contribution is -2.60. The highest BCUT2D eigenvalue weighted by Gasteiger charge is 2.51. The minimum atomic E-state index is 0.286. The average molecular weight is 266 g/mol. The number of nitrogens with two attached hydrogens (primary N) is 1. The number of hydrogen-bond acceptors (Lipinski definition) is 2. The molecule has 2 rings (SSSR count). The second-order valence-corrected chi connectivity index (χ2v) is 7.55. The Hall–Kier alpha value is -0.0800. The molecule has 0 aromatic heterocycles. The SMILES string of the molecule is CCCC1CCCN(C2(CN)CCCC2(C)C)CC1. The molecule has 1 saturated heterocycles. The monoisotopic (exact) mass is 266 g/mol. The van der Waals surface area contributed by atoms with Crippen LogP contribution in [0.1, 0.15) is 72.1 Å². The van der Waals surface area contributed by atoms with E-state index in [0.717, 1.165) is 12.5 Å². The number of nitrogens with zero attached hydrogens (tertiary/aromatic N) is 1. The molecule has 1 aliphatic carbocycles. The molecule has 1 aliphatic heterocycles. The average Bonchev–Trinajstić information content (AvgIpc) is 2.55. The Bertz CT molecular complexity index is 287. The number of hydrogen-bond donors (Lipinski definition) is 1. The van der Waals surface area contributed by atoms with Crippen LogP contribution in [0, 0.1) is 11.3 Å². The maximum absolute atomic E-state index is 6.28. The zero-order chi connectivity index (χ0) is 13.9. The molecule has 112 valence electrons. The van der Waals surface area contributed by atoms with Crippen LogP contribution in [-0.2, 0) is 0 Å². The fourth-order valence-electron chi connectivity index (χ4n) is 4.78. The van der Waals surface area contributed by atoms with Crippen LogP contribution in [0.4, 0.5) is 0 Å². The summed E-state index contributed by atoms with van der Waals surface area (Å²) in [6.07, 6.45) is 11.0. The summed E-state index contributed by atoms with van der Waals surface area (Å²) >= 11 is 0.